The molecule has 3 aromatic rings. The molecule has 0 aliphatic carbocycles. The minimum Gasteiger partial charge on any atom is -0.379 e. The van der Waals surface area contributed by atoms with Crippen molar-refractivity contribution in [2.45, 2.75) is 16.7 Å². The molecule has 1 saturated heterocycles. The van der Waals surface area contributed by atoms with Gasteiger partial charge >= 0.3 is 0 Å². The topological polar surface area (TPSA) is 79.8 Å². The number of thiazole rings is 1. The molecule has 1 aliphatic heterocycles. The van der Waals surface area contributed by atoms with Gasteiger partial charge in [-0.05, 0) is 30.0 Å². The molecule has 0 N–H and O–H groups in total. The van der Waals surface area contributed by atoms with Gasteiger partial charge in [-0.1, -0.05) is 36.5 Å². The van der Waals surface area contributed by atoms with E-state index in [4.69, 9.17) is 4.74 Å². The van der Waals surface area contributed by atoms with Gasteiger partial charge in [0.15, 0.2) is 15.0 Å². The Morgan fingerprint density at radius 1 is 1.18 bits per heavy atom. The first-order valence-electron chi connectivity index (χ1n) is 10.8. The molecular weight excluding hydrogens is 478 g/mol. The van der Waals surface area contributed by atoms with Crippen molar-refractivity contribution in [3.63, 3.8) is 0 Å². The monoisotopic (exact) mass is 505 g/mol. The lowest BCUT2D eigenvalue weighted by Gasteiger charge is -2.29. The molecule has 0 radical (unpaired) electrons. The number of ether oxygens (including phenoxy) is 1. The number of hydrogen-bond donors (Lipinski definition) is 0. The summed E-state index contributed by atoms with van der Waals surface area (Å²) in [4.78, 5) is 23.5. The second-order valence-electron chi connectivity index (χ2n) is 7.71. The normalized spacial score (nSPS) is 15.1. The van der Waals surface area contributed by atoms with Crippen LogP contribution in [0.4, 0.5) is 5.13 Å². The number of carbonyl (C=O) groups excluding carboxylic acids is 1. The largest absolute Gasteiger partial charge is 0.379 e. The summed E-state index contributed by atoms with van der Waals surface area (Å²) in [6.45, 7) is 6.21. The van der Waals surface area contributed by atoms with Crippen LogP contribution in [-0.4, -0.2) is 75.6 Å². The van der Waals surface area contributed by atoms with Crippen LogP contribution in [0.5, 0.6) is 0 Å². The number of fused-ring (bicyclic) bond motifs is 1. The number of anilines is 1. The molecule has 2 heterocycles. The summed E-state index contributed by atoms with van der Waals surface area (Å²) in [5.74, 6) is 0.733. The zero-order valence-electron chi connectivity index (χ0n) is 18.7. The molecule has 1 amide bonds. The van der Waals surface area contributed by atoms with Gasteiger partial charge in [-0.2, -0.15) is 0 Å². The van der Waals surface area contributed by atoms with Crippen molar-refractivity contribution >= 4 is 54.2 Å². The molecule has 0 atom stereocenters. The van der Waals surface area contributed by atoms with Crippen molar-refractivity contribution in [3.8, 4) is 0 Å². The second kappa shape index (κ2) is 10.5. The fraction of sp³-hybridized carbons (Fsp3) is 0.391. The zero-order chi connectivity index (χ0) is 23.4. The van der Waals surface area contributed by atoms with Crippen LogP contribution in [0.15, 0.2) is 52.3 Å². The van der Waals surface area contributed by atoms with Gasteiger partial charge < -0.3 is 4.74 Å². The van der Waals surface area contributed by atoms with E-state index in [1.165, 1.54) is 17.6 Å². The molecule has 33 heavy (non-hydrogen) atoms. The average molecular weight is 506 g/mol. The van der Waals surface area contributed by atoms with E-state index in [2.05, 4.69) is 16.8 Å². The van der Waals surface area contributed by atoms with Crippen LogP contribution in [0.1, 0.15) is 17.3 Å². The second-order valence-corrected chi connectivity index (χ2v) is 12.0. The van der Waals surface area contributed by atoms with E-state index >= 15 is 0 Å². The van der Waals surface area contributed by atoms with Crippen LogP contribution >= 0.6 is 23.1 Å². The lowest BCUT2D eigenvalue weighted by atomic mass is 10.2. The number of sulfone groups is 1. The Morgan fingerprint density at radius 3 is 2.67 bits per heavy atom. The maximum Gasteiger partial charge on any atom is 0.261 e. The maximum atomic E-state index is 13.8. The van der Waals surface area contributed by atoms with Crippen LogP contribution in [-0.2, 0) is 14.6 Å². The van der Waals surface area contributed by atoms with Gasteiger partial charge in [0, 0.05) is 37.3 Å². The highest BCUT2D eigenvalue weighted by Gasteiger charge is 2.26. The Hall–Kier alpha value is -1.98. The van der Waals surface area contributed by atoms with Crippen LogP contribution in [0, 0.1) is 0 Å². The molecule has 0 bridgehead atoms. The van der Waals surface area contributed by atoms with E-state index in [-0.39, 0.29) is 10.8 Å². The standard InChI is InChI=1S/C23H27N3O4S3/c1-3-31-18-8-5-4-7-17(18)22(27)26(12-11-25-13-15-30-16-14-25)23-24-21-19(32-23)9-6-10-20(21)33(2,28)29/h4-10H,3,11-16H2,1-2H3. The fourth-order valence-electron chi connectivity index (χ4n) is 3.75. The van der Waals surface area contributed by atoms with Crippen molar-refractivity contribution in [1.29, 1.82) is 0 Å². The molecule has 1 aromatic heterocycles. The molecule has 0 unspecified atom stereocenters. The van der Waals surface area contributed by atoms with Crippen LogP contribution < -0.4 is 4.90 Å². The van der Waals surface area contributed by atoms with Gasteiger partial charge in [0.25, 0.3) is 5.91 Å². The summed E-state index contributed by atoms with van der Waals surface area (Å²) in [6.07, 6.45) is 1.18. The Balaban J connectivity index is 1.73. The smallest absolute Gasteiger partial charge is 0.261 e. The van der Waals surface area contributed by atoms with Gasteiger partial charge in [0.2, 0.25) is 0 Å². The highest BCUT2D eigenvalue weighted by atomic mass is 32.2. The van der Waals surface area contributed by atoms with Gasteiger partial charge in [0.05, 0.1) is 28.4 Å². The van der Waals surface area contributed by atoms with E-state index in [1.807, 2.05) is 30.3 Å². The Bertz CT molecular complexity index is 1240. The predicted octanol–water partition coefficient (Wildman–Crippen LogP) is 3.79. The molecule has 4 rings (SSSR count). The highest BCUT2D eigenvalue weighted by molar-refractivity contribution is 7.99. The van der Waals surface area contributed by atoms with Crippen molar-refractivity contribution < 1.29 is 17.9 Å². The van der Waals surface area contributed by atoms with Crippen LogP contribution in [0.3, 0.4) is 0 Å². The lowest BCUT2D eigenvalue weighted by molar-refractivity contribution is 0.0391. The average Bonchev–Trinajstić information content (AvgIpc) is 3.23. The van der Waals surface area contributed by atoms with E-state index < -0.39 is 9.84 Å². The SMILES string of the molecule is CCSc1ccccc1C(=O)N(CCN1CCOCC1)c1nc2c(S(C)(=O)=O)cccc2s1. The highest BCUT2D eigenvalue weighted by Crippen LogP contribution is 2.34. The minimum atomic E-state index is -3.44. The first-order valence-corrected chi connectivity index (χ1v) is 14.5. The number of aromatic nitrogens is 1. The van der Waals surface area contributed by atoms with Crippen molar-refractivity contribution in [3.05, 3.63) is 48.0 Å². The number of hydrogen-bond acceptors (Lipinski definition) is 8. The third-order valence-corrected chi connectivity index (χ3v) is 8.53. The quantitative estimate of drug-likeness (QED) is 0.431. The maximum absolute atomic E-state index is 13.8. The van der Waals surface area contributed by atoms with Crippen molar-refractivity contribution in [2.24, 2.45) is 0 Å². The summed E-state index contributed by atoms with van der Waals surface area (Å²) in [6, 6.07) is 12.7. The summed E-state index contributed by atoms with van der Waals surface area (Å²) < 4.78 is 30.8. The van der Waals surface area contributed by atoms with Crippen molar-refractivity contribution in [2.75, 3.05) is 56.3 Å². The van der Waals surface area contributed by atoms with Crippen molar-refractivity contribution in [1.82, 2.24) is 9.88 Å². The number of nitrogens with zero attached hydrogens (tertiary/aromatic N) is 3. The molecule has 0 saturated carbocycles. The Labute approximate surface area is 202 Å². The molecule has 1 aliphatic rings. The van der Waals surface area contributed by atoms with E-state index in [1.54, 1.807) is 28.8 Å². The van der Waals surface area contributed by atoms with Gasteiger partial charge in [-0.3, -0.25) is 14.6 Å². The molecule has 1 fully saturated rings. The van der Waals surface area contributed by atoms with Crippen LogP contribution in [0.2, 0.25) is 0 Å². The van der Waals surface area contributed by atoms with Crippen LogP contribution in [0.25, 0.3) is 10.2 Å². The number of thioether (sulfide) groups is 1. The molecule has 176 valence electrons. The molecule has 0 spiro atoms. The number of amides is 1. The van der Waals surface area contributed by atoms with E-state index in [0.717, 1.165) is 28.4 Å². The summed E-state index contributed by atoms with van der Waals surface area (Å²) >= 11 is 2.97. The minimum absolute atomic E-state index is 0.125. The number of morpholine rings is 1. The van der Waals surface area contributed by atoms with E-state index in [0.29, 0.717) is 42.5 Å². The molecule has 2 aromatic carbocycles. The first kappa shape index (κ1) is 24.2. The molecule has 10 heteroatoms. The third kappa shape index (κ3) is 5.58. The Morgan fingerprint density at radius 2 is 1.94 bits per heavy atom. The predicted molar refractivity (Wildman–Crippen MR) is 135 cm³/mol. The number of benzene rings is 2. The summed E-state index contributed by atoms with van der Waals surface area (Å²) in [7, 11) is -3.44. The molecule has 7 nitrogen and oxygen atoms in total. The van der Waals surface area contributed by atoms with E-state index in [9.17, 15) is 13.2 Å². The van der Waals surface area contributed by atoms with Gasteiger partial charge in [-0.15, -0.1) is 11.8 Å². The third-order valence-electron chi connectivity index (χ3n) is 5.41. The lowest BCUT2D eigenvalue weighted by Crippen LogP contribution is -2.43. The van der Waals surface area contributed by atoms with Gasteiger partial charge in [0.1, 0.15) is 5.52 Å². The number of rotatable bonds is 8. The summed E-state index contributed by atoms with van der Waals surface area (Å²) in [5.41, 5.74) is 1.05. The Kier molecular flexibility index (Phi) is 7.70. The number of para-hydroxylation sites is 1. The van der Waals surface area contributed by atoms with Gasteiger partial charge in [-0.25, -0.2) is 13.4 Å². The fourth-order valence-corrected chi connectivity index (χ4v) is 6.46. The summed E-state index contributed by atoms with van der Waals surface area (Å²) in [5, 5.41) is 0.510. The number of carbonyl (C=O) groups is 1. The zero-order valence-corrected chi connectivity index (χ0v) is 21.1. The first-order chi connectivity index (χ1) is 15.9. The molecular formula is C23H27N3O4S3.